The van der Waals surface area contributed by atoms with E-state index in [-0.39, 0.29) is 0 Å². The molecule has 0 radical (unpaired) electrons. The minimum absolute atomic E-state index is 0.369. The van der Waals surface area contributed by atoms with Gasteiger partial charge in [0.15, 0.2) is 0 Å². The zero-order valence-electron chi connectivity index (χ0n) is 10.7. The van der Waals surface area contributed by atoms with Crippen molar-refractivity contribution in [3.05, 3.63) is 53.6 Å². The lowest BCUT2D eigenvalue weighted by molar-refractivity contribution is 0.100. The summed E-state index contributed by atoms with van der Waals surface area (Å²) in [7, 11) is 0. The topological polar surface area (TPSA) is 78.3 Å². The number of carbonyl (C=O) groups excluding carboxylic acids is 1. The molecule has 4 nitrogen and oxygen atoms in total. The standard InChI is InChI=1S/C15H16N2O2/c1-2-10-5-3-4-6-13(10)19-14-8-7-11(15(17)18)9-12(14)16/h3-9H,2,16H2,1H3,(H2,17,18). The van der Waals surface area contributed by atoms with Crippen LogP contribution in [0.5, 0.6) is 11.5 Å². The number of para-hydroxylation sites is 1. The van der Waals surface area contributed by atoms with Gasteiger partial charge in [0.2, 0.25) is 5.91 Å². The van der Waals surface area contributed by atoms with Gasteiger partial charge in [-0.3, -0.25) is 4.79 Å². The van der Waals surface area contributed by atoms with Crippen LogP contribution in [0.15, 0.2) is 42.5 Å². The molecule has 0 aliphatic heterocycles. The third kappa shape index (κ3) is 2.85. The highest BCUT2D eigenvalue weighted by atomic mass is 16.5. The van der Waals surface area contributed by atoms with Gasteiger partial charge in [0.25, 0.3) is 0 Å². The number of aryl methyl sites for hydroxylation is 1. The van der Waals surface area contributed by atoms with Crippen LogP contribution in [0.2, 0.25) is 0 Å². The Kier molecular flexibility index (Phi) is 3.71. The van der Waals surface area contributed by atoms with Crippen molar-refractivity contribution < 1.29 is 9.53 Å². The fraction of sp³-hybridized carbons (Fsp3) is 0.133. The van der Waals surface area contributed by atoms with Crippen molar-refractivity contribution in [2.24, 2.45) is 5.73 Å². The van der Waals surface area contributed by atoms with E-state index in [0.717, 1.165) is 17.7 Å². The lowest BCUT2D eigenvalue weighted by Crippen LogP contribution is -2.11. The van der Waals surface area contributed by atoms with Gasteiger partial charge in [0, 0.05) is 5.56 Å². The summed E-state index contributed by atoms with van der Waals surface area (Å²) in [6, 6.07) is 12.5. The van der Waals surface area contributed by atoms with Crippen molar-refractivity contribution in [3.63, 3.8) is 0 Å². The quantitative estimate of drug-likeness (QED) is 0.825. The van der Waals surface area contributed by atoms with Crippen LogP contribution in [0.25, 0.3) is 0 Å². The molecule has 0 fully saturated rings. The Morgan fingerprint density at radius 2 is 1.89 bits per heavy atom. The number of ether oxygens (including phenoxy) is 1. The Bertz CT molecular complexity index is 609. The number of carbonyl (C=O) groups is 1. The molecular formula is C15H16N2O2. The first-order chi connectivity index (χ1) is 9.11. The fourth-order valence-corrected chi connectivity index (χ4v) is 1.81. The van der Waals surface area contributed by atoms with Crippen LogP contribution in [-0.2, 0) is 6.42 Å². The van der Waals surface area contributed by atoms with Crippen molar-refractivity contribution in [3.8, 4) is 11.5 Å². The number of benzene rings is 2. The molecule has 98 valence electrons. The fourth-order valence-electron chi connectivity index (χ4n) is 1.81. The molecular weight excluding hydrogens is 240 g/mol. The summed E-state index contributed by atoms with van der Waals surface area (Å²) in [5.74, 6) is 0.779. The van der Waals surface area contributed by atoms with Gasteiger partial charge in [-0.2, -0.15) is 0 Å². The SMILES string of the molecule is CCc1ccccc1Oc1ccc(C(N)=O)cc1N. The highest BCUT2D eigenvalue weighted by Crippen LogP contribution is 2.30. The summed E-state index contributed by atoms with van der Waals surface area (Å²) in [6.45, 7) is 2.06. The number of rotatable bonds is 4. The van der Waals surface area contributed by atoms with Crippen molar-refractivity contribution >= 4 is 11.6 Å². The molecule has 0 aromatic heterocycles. The van der Waals surface area contributed by atoms with Gasteiger partial charge in [-0.1, -0.05) is 25.1 Å². The molecule has 0 bridgehead atoms. The van der Waals surface area contributed by atoms with Gasteiger partial charge in [-0.25, -0.2) is 0 Å². The average molecular weight is 256 g/mol. The van der Waals surface area contributed by atoms with Crippen molar-refractivity contribution in [1.82, 2.24) is 0 Å². The summed E-state index contributed by atoms with van der Waals surface area (Å²) < 4.78 is 5.79. The van der Waals surface area contributed by atoms with Gasteiger partial charge < -0.3 is 16.2 Å². The second-order valence-electron chi connectivity index (χ2n) is 4.18. The first-order valence-electron chi connectivity index (χ1n) is 6.07. The zero-order chi connectivity index (χ0) is 13.8. The summed E-state index contributed by atoms with van der Waals surface area (Å²) in [5.41, 5.74) is 12.9. The molecule has 0 saturated carbocycles. The summed E-state index contributed by atoms with van der Waals surface area (Å²) in [6.07, 6.45) is 0.870. The van der Waals surface area contributed by atoms with Crippen LogP contribution >= 0.6 is 0 Å². The molecule has 2 aromatic carbocycles. The van der Waals surface area contributed by atoms with E-state index >= 15 is 0 Å². The molecule has 2 rings (SSSR count). The Morgan fingerprint density at radius 3 is 2.53 bits per heavy atom. The Hall–Kier alpha value is -2.49. The molecule has 19 heavy (non-hydrogen) atoms. The second-order valence-corrected chi connectivity index (χ2v) is 4.18. The van der Waals surface area contributed by atoms with E-state index in [4.69, 9.17) is 16.2 Å². The van der Waals surface area contributed by atoms with E-state index in [9.17, 15) is 4.79 Å². The Balaban J connectivity index is 2.31. The van der Waals surface area contributed by atoms with E-state index in [1.807, 2.05) is 24.3 Å². The van der Waals surface area contributed by atoms with Crippen molar-refractivity contribution in [1.29, 1.82) is 0 Å². The van der Waals surface area contributed by atoms with Crippen LogP contribution in [0.4, 0.5) is 5.69 Å². The molecule has 0 spiro atoms. The average Bonchev–Trinajstić information content (AvgIpc) is 2.41. The molecule has 0 aliphatic carbocycles. The monoisotopic (exact) mass is 256 g/mol. The van der Waals surface area contributed by atoms with E-state index in [2.05, 4.69) is 6.92 Å². The maximum Gasteiger partial charge on any atom is 0.248 e. The number of primary amides is 1. The Morgan fingerprint density at radius 1 is 1.16 bits per heavy atom. The first-order valence-corrected chi connectivity index (χ1v) is 6.07. The second kappa shape index (κ2) is 5.44. The highest BCUT2D eigenvalue weighted by Gasteiger charge is 2.08. The molecule has 0 heterocycles. The first kappa shape index (κ1) is 13.0. The summed E-state index contributed by atoms with van der Waals surface area (Å²) in [5, 5.41) is 0. The normalized spacial score (nSPS) is 10.2. The molecule has 0 aliphatic rings. The molecule has 0 unspecified atom stereocenters. The van der Waals surface area contributed by atoms with Crippen LogP contribution in [-0.4, -0.2) is 5.91 Å². The minimum atomic E-state index is -0.507. The number of anilines is 1. The largest absolute Gasteiger partial charge is 0.455 e. The van der Waals surface area contributed by atoms with E-state index in [1.165, 1.54) is 6.07 Å². The van der Waals surface area contributed by atoms with E-state index in [1.54, 1.807) is 12.1 Å². The maximum atomic E-state index is 11.0. The van der Waals surface area contributed by atoms with Gasteiger partial charge in [-0.05, 0) is 36.2 Å². The molecule has 0 atom stereocenters. The predicted molar refractivity (Wildman–Crippen MR) is 75.3 cm³/mol. The van der Waals surface area contributed by atoms with Crippen LogP contribution < -0.4 is 16.2 Å². The smallest absolute Gasteiger partial charge is 0.248 e. The maximum absolute atomic E-state index is 11.0. The Labute approximate surface area is 112 Å². The minimum Gasteiger partial charge on any atom is -0.455 e. The van der Waals surface area contributed by atoms with Crippen LogP contribution in [0.3, 0.4) is 0 Å². The molecule has 4 heteroatoms. The summed E-state index contributed by atoms with van der Waals surface area (Å²) >= 11 is 0. The lowest BCUT2D eigenvalue weighted by atomic mass is 10.1. The number of amides is 1. The van der Waals surface area contributed by atoms with Crippen molar-refractivity contribution in [2.75, 3.05) is 5.73 Å². The van der Waals surface area contributed by atoms with Gasteiger partial charge in [0.1, 0.15) is 11.5 Å². The van der Waals surface area contributed by atoms with Crippen molar-refractivity contribution in [2.45, 2.75) is 13.3 Å². The van der Waals surface area contributed by atoms with E-state index < -0.39 is 5.91 Å². The van der Waals surface area contributed by atoms with Gasteiger partial charge in [0.05, 0.1) is 5.69 Å². The number of nitrogen functional groups attached to an aromatic ring is 1. The molecule has 4 N–H and O–H groups in total. The van der Waals surface area contributed by atoms with Crippen LogP contribution in [0, 0.1) is 0 Å². The predicted octanol–water partition coefficient (Wildman–Crippen LogP) is 2.72. The molecule has 0 saturated heterocycles. The number of nitrogens with two attached hydrogens (primary N) is 2. The third-order valence-electron chi connectivity index (χ3n) is 2.87. The lowest BCUT2D eigenvalue weighted by Gasteiger charge is -2.12. The zero-order valence-corrected chi connectivity index (χ0v) is 10.7. The third-order valence-corrected chi connectivity index (χ3v) is 2.87. The number of hydrogen-bond acceptors (Lipinski definition) is 3. The van der Waals surface area contributed by atoms with Crippen LogP contribution in [0.1, 0.15) is 22.8 Å². The molecule has 2 aromatic rings. The number of hydrogen-bond donors (Lipinski definition) is 2. The van der Waals surface area contributed by atoms with Gasteiger partial charge in [-0.15, -0.1) is 0 Å². The summed E-state index contributed by atoms with van der Waals surface area (Å²) in [4.78, 5) is 11.0. The van der Waals surface area contributed by atoms with Gasteiger partial charge >= 0.3 is 0 Å². The highest BCUT2D eigenvalue weighted by molar-refractivity contribution is 5.94. The van der Waals surface area contributed by atoms with E-state index in [0.29, 0.717) is 17.0 Å². The molecule has 1 amide bonds.